The summed E-state index contributed by atoms with van der Waals surface area (Å²) in [5, 5.41) is 12.6. The molecule has 0 amide bonds. The molecule has 2 aromatic rings. The summed E-state index contributed by atoms with van der Waals surface area (Å²) < 4.78 is 45.1. The third-order valence-electron chi connectivity index (χ3n) is 4.56. The minimum absolute atomic E-state index is 0.0585. The highest BCUT2D eigenvalue weighted by atomic mass is 19.4. The maximum Gasteiger partial charge on any atom is 0.435 e. The molecule has 0 saturated carbocycles. The van der Waals surface area contributed by atoms with Gasteiger partial charge in [-0.25, -0.2) is 9.97 Å². The second-order valence-corrected chi connectivity index (χ2v) is 6.21. The van der Waals surface area contributed by atoms with E-state index in [1.165, 1.54) is 0 Å². The van der Waals surface area contributed by atoms with E-state index in [-0.39, 0.29) is 42.9 Å². The third kappa shape index (κ3) is 3.26. The molecule has 3 N–H and O–H groups in total. The number of aliphatic hydroxyl groups excluding tert-OH is 1. The molecule has 1 aliphatic rings. The number of fused-ring (bicyclic) bond motifs is 1. The van der Waals surface area contributed by atoms with Gasteiger partial charge in [0.2, 0.25) is 5.95 Å². The van der Waals surface area contributed by atoms with Crippen LogP contribution in [-0.4, -0.2) is 74.9 Å². The van der Waals surface area contributed by atoms with Crippen molar-refractivity contribution in [3.8, 4) is 0 Å². The number of rotatable bonds is 4. The number of aliphatic hydroxyl groups is 1. The van der Waals surface area contributed by atoms with E-state index in [1.807, 2.05) is 18.9 Å². The van der Waals surface area contributed by atoms with Crippen molar-refractivity contribution in [2.45, 2.75) is 24.7 Å². The molecule has 0 aliphatic carbocycles. The number of imidazole rings is 1. The Morgan fingerprint density at radius 1 is 1.48 bits per heavy atom. The summed E-state index contributed by atoms with van der Waals surface area (Å²) in [5.74, 6) is -0.202. The van der Waals surface area contributed by atoms with Crippen LogP contribution in [0.4, 0.5) is 19.1 Å². The summed E-state index contributed by atoms with van der Waals surface area (Å²) in [6.45, 7) is 2.60. The van der Waals surface area contributed by atoms with Crippen LogP contribution in [0.2, 0.25) is 0 Å². The van der Waals surface area contributed by atoms with Gasteiger partial charge >= 0.3 is 6.18 Å². The van der Waals surface area contributed by atoms with Crippen LogP contribution in [0.5, 0.6) is 0 Å². The van der Waals surface area contributed by atoms with E-state index in [9.17, 15) is 18.3 Å². The van der Waals surface area contributed by atoms with Crippen LogP contribution in [0, 0.1) is 0 Å². The molecule has 3 rings (SSSR count). The summed E-state index contributed by atoms with van der Waals surface area (Å²) in [4.78, 5) is 15.7. The number of ether oxygens (including phenoxy) is 1. The van der Waals surface area contributed by atoms with Crippen molar-refractivity contribution in [3.05, 3.63) is 12.0 Å². The van der Waals surface area contributed by atoms with Gasteiger partial charge in [-0.1, -0.05) is 0 Å². The summed E-state index contributed by atoms with van der Waals surface area (Å²) >= 11 is 0. The van der Waals surface area contributed by atoms with Crippen LogP contribution in [0.3, 0.4) is 0 Å². The van der Waals surface area contributed by atoms with Crippen LogP contribution in [0.25, 0.3) is 11.2 Å². The molecule has 0 bridgehead atoms. The molecular formula is C14H19F3N6O2. The molecule has 11 heteroatoms. The lowest BCUT2D eigenvalue weighted by molar-refractivity contribution is -0.139. The second-order valence-electron chi connectivity index (χ2n) is 6.21. The van der Waals surface area contributed by atoms with E-state index in [1.54, 1.807) is 0 Å². The number of alkyl halides is 3. The highest BCUT2D eigenvalue weighted by molar-refractivity contribution is 5.74. The molecule has 1 fully saturated rings. The van der Waals surface area contributed by atoms with Crippen LogP contribution in [-0.2, 0) is 10.9 Å². The lowest BCUT2D eigenvalue weighted by Gasteiger charge is -2.47. The topological polar surface area (TPSA) is 99.2 Å². The quantitative estimate of drug-likeness (QED) is 0.744. The van der Waals surface area contributed by atoms with Gasteiger partial charge in [0, 0.05) is 12.6 Å². The molecule has 0 aromatic carbocycles. The lowest BCUT2D eigenvalue weighted by atomic mass is 9.96. The number of nitrogens with one attached hydrogen (secondary N) is 2. The van der Waals surface area contributed by atoms with E-state index in [2.05, 4.69) is 25.3 Å². The number of nitrogens with zero attached hydrogens (tertiary/aromatic N) is 4. The molecule has 2 atom stereocenters. The molecular weight excluding hydrogens is 341 g/mol. The van der Waals surface area contributed by atoms with E-state index in [0.29, 0.717) is 6.61 Å². The van der Waals surface area contributed by atoms with E-state index in [4.69, 9.17) is 4.74 Å². The molecule has 0 radical (unpaired) electrons. The van der Waals surface area contributed by atoms with Gasteiger partial charge in [0.05, 0.1) is 31.7 Å². The van der Waals surface area contributed by atoms with Crippen LogP contribution in [0.1, 0.15) is 12.6 Å². The molecule has 8 nitrogen and oxygen atoms in total. The minimum atomic E-state index is -4.64. The van der Waals surface area contributed by atoms with Gasteiger partial charge in [0.15, 0.2) is 11.3 Å². The Bertz CT molecular complexity index is 752. The Hall–Kier alpha value is -1.98. The Kier molecular flexibility index (Phi) is 4.56. The van der Waals surface area contributed by atoms with Crippen molar-refractivity contribution in [2.75, 3.05) is 38.7 Å². The van der Waals surface area contributed by atoms with Crippen molar-refractivity contribution in [1.29, 1.82) is 0 Å². The van der Waals surface area contributed by atoms with Gasteiger partial charge in [-0.05, 0) is 14.0 Å². The van der Waals surface area contributed by atoms with Gasteiger partial charge in [-0.2, -0.15) is 18.2 Å². The maximum absolute atomic E-state index is 13.2. The Balaban J connectivity index is 1.88. The molecule has 138 valence electrons. The summed E-state index contributed by atoms with van der Waals surface area (Å²) in [7, 11) is 1.84. The van der Waals surface area contributed by atoms with Crippen molar-refractivity contribution in [2.24, 2.45) is 0 Å². The molecule has 0 spiro atoms. The van der Waals surface area contributed by atoms with Gasteiger partial charge in [-0.3, -0.25) is 4.90 Å². The first-order chi connectivity index (χ1) is 11.8. The van der Waals surface area contributed by atoms with Gasteiger partial charge < -0.3 is 20.1 Å². The SMILES string of the molecule is C[C@@H]1COC[C@@](CO)(CNc2nc(C(F)(F)F)c3[nH]cnc3n2)N1C. The monoisotopic (exact) mass is 360 g/mol. The van der Waals surface area contributed by atoms with Crippen molar-refractivity contribution in [3.63, 3.8) is 0 Å². The largest absolute Gasteiger partial charge is 0.435 e. The van der Waals surface area contributed by atoms with Crippen LogP contribution >= 0.6 is 0 Å². The van der Waals surface area contributed by atoms with E-state index >= 15 is 0 Å². The molecule has 1 saturated heterocycles. The number of halogens is 3. The minimum Gasteiger partial charge on any atom is -0.394 e. The van der Waals surface area contributed by atoms with E-state index in [0.717, 1.165) is 6.33 Å². The highest BCUT2D eigenvalue weighted by Gasteiger charge is 2.41. The average molecular weight is 360 g/mol. The fourth-order valence-electron chi connectivity index (χ4n) is 2.85. The zero-order valence-corrected chi connectivity index (χ0v) is 13.8. The molecule has 0 unspecified atom stereocenters. The molecule has 1 aliphatic heterocycles. The van der Waals surface area contributed by atoms with Crippen molar-refractivity contribution < 1.29 is 23.0 Å². The number of H-pyrrole nitrogens is 1. The van der Waals surface area contributed by atoms with E-state index < -0.39 is 17.4 Å². The van der Waals surface area contributed by atoms with Crippen LogP contribution in [0.15, 0.2) is 6.33 Å². The number of hydrogen-bond donors (Lipinski definition) is 3. The lowest BCUT2D eigenvalue weighted by Crippen LogP contribution is -2.64. The Morgan fingerprint density at radius 2 is 2.24 bits per heavy atom. The van der Waals surface area contributed by atoms with Gasteiger partial charge in [0.1, 0.15) is 5.52 Å². The number of aromatic nitrogens is 4. The Morgan fingerprint density at radius 3 is 2.92 bits per heavy atom. The number of anilines is 1. The predicted molar refractivity (Wildman–Crippen MR) is 83.0 cm³/mol. The number of morpholine rings is 1. The molecule has 25 heavy (non-hydrogen) atoms. The summed E-state index contributed by atoms with van der Waals surface area (Å²) in [5.41, 5.74) is -2.21. The second kappa shape index (κ2) is 6.39. The molecule has 3 heterocycles. The fraction of sp³-hybridized carbons (Fsp3) is 0.643. The normalized spacial score (nSPS) is 25.4. The van der Waals surface area contributed by atoms with Gasteiger partial charge in [-0.15, -0.1) is 0 Å². The van der Waals surface area contributed by atoms with Gasteiger partial charge in [0.25, 0.3) is 0 Å². The highest BCUT2D eigenvalue weighted by Crippen LogP contribution is 2.32. The molecule has 2 aromatic heterocycles. The first kappa shape index (κ1) is 17.8. The number of aromatic amines is 1. The van der Waals surface area contributed by atoms with Crippen molar-refractivity contribution >= 4 is 17.1 Å². The summed E-state index contributed by atoms with van der Waals surface area (Å²) in [6, 6.07) is 0.0585. The first-order valence-corrected chi connectivity index (χ1v) is 7.70. The first-order valence-electron chi connectivity index (χ1n) is 7.70. The van der Waals surface area contributed by atoms with Crippen LogP contribution < -0.4 is 5.32 Å². The standard InChI is InChI=1S/C14H19F3N6O2/c1-8-3-25-6-13(5-24,23(8)2)4-18-12-21-10(14(15,16)17)9-11(22-12)20-7-19-9/h7-8,24H,3-6H2,1-2H3,(H2,18,19,20,21,22)/t8-,13+/m1/s1. The summed E-state index contributed by atoms with van der Waals surface area (Å²) in [6.07, 6.45) is -3.50. The zero-order chi connectivity index (χ0) is 18.2. The smallest absolute Gasteiger partial charge is 0.394 e. The average Bonchev–Trinajstić information content (AvgIpc) is 3.03. The zero-order valence-electron chi connectivity index (χ0n) is 13.8. The predicted octanol–water partition coefficient (Wildman–Crippen LogP) is 0.865. The fourth-order valence-corrected chi connectivity index (χ4v) is 2.85. The third-order valence-corrected chi connectivity index (χ3v) is 4.56. The number of hydrogen-bond acceptors (Lipinski definition) is 7. The Labute approximate surface area is 141 Å². The van der Waals surface area contributed by atoms with Crippen molar-refractivity contribution in [1.82, 2.24) is 24.8 Å². The maximum atomic E-state index is 13.2. The number of likely N-dealkylation sites (N-methyl/N-ethyl adjacent to an activating group) is 1.